The molecule has 0 bridgehead atoms. The second kappa shape index (κ2) is 14.5. The molecular formula is C30H49O13+. The molecule has 9 N–H and O–H groups in total. The highest BCUT2D eigenvalue weighted by atomic mass is 16.7. The maximum atomic E-state index is 13.1. The first-order valence-electron chi connectivity index (χ1n) is 15.8. The number of esters is 1. The Kier molecular flexibility index (Phi) is 11.1. The first kappa shape index (κ1) is 33.1. The molecule has 14 atom stereocenters. The Morgan fingerprint density at radius 2 is 1.53 bits per heavy atom. The zero-order valence-corrected chi connectivity index (χ0v) is 24.3. The molecule has 2 saturated heterocycles. The average Bonchev–Trinajstić information content (AvgIpc) is 2.98. The molecular weight excluding hydrogens is 568 g/mol. The highest BCUT2D eigenvalue weighted by molar-refractivity contribution is 5.82. The van der Waals surface area contributed by atoms with Crippen LogP contribution in [-0.4, -0.2) is 138 Å². The Balaban J connectivity index is 1.30. The van der Waals surface area contributed by atoms with Gasteiger partial charge in [0.25, 0.3) is 0 Å². The van der Waals surface area contributed by atoms with E-state index in [0.29, 0.717) is 44.9 Å². The molecule has 0 amide bonds. The van der Waals surface area contributed by atoms with Gasteiger partial charge in [-0.3, -0.25) is 0 Å². The van der Waals surface area contributed by atoms with Crippen LogP contribution in [0.3, 0.4) is 0 Å². The molecule has 3 aliphatic carbocycles. The summed E-state index contributed by atoms with van der Waals surface area (Å²) in [7, 11) is 0. The lowest BCUT2D eigenvalue weighted by Crippen LogP contribution is -2.62. The van der Waals surface area contributed by atoms with E-state index in [2.05, 4.69) is 0 Å². The van der Waals surface area contributed by atoms with Gasteiger partial charge in [-0.05, 0) is 50.9 Å². The number of fused-ring (bicyclic) bond motifs is 1. The van der Waals surface area contributed by atoms with Crippen LogP contribution >= 0.6 is 0 Å². The van der Waals surface area contributed by atoms with Gasteiger partial charge < -0.3 is 59.8 Å². The number of hydrogen-bond acceptors (Lipinski definition) is 12. The highest BCUT2D eigenvalue weighted by Gasteiger charge is 2.55. The van der Waals surface area contributed by atoms with Crippen molar-refractivity contribution in [2.45, 2.75) is 144 Å². The summed E-state index contributed by atoms with van der Waals surface area (Å²) in [6, 6.07) is 0. The number of allylic oxidation sites excluding steroid dienone is 1. The number of aliphatic hydroxyl groups is 10. The molecule has 0 radical (unpaired) electrons. The lowest BCUT2D eigenvalue weighted by atomic mass is 9.73. The minimum absolute atomic E-state index is 0.0573. The van der Waals surface area contributed by atoms with Crippen LogP contribution in [-0.2, 0) is 19.0 Å². The molecule has 5 rings (SSSR count). The van der Waals surface area contributed by atoms with E-state index >= 15 is 0 Å². The van der Waals surface area contributed by atoms with Gasteiger partial charge in [-0.2, -0.15) is 0 Å². The predicted octanol–water partition coefficient (Wildman–Crippen LogP) is -1.85. The van der Waals surface area contributed by atoms with E-state index in [-0.39, 0.29) is 42.5 Å². The summed E-state index contributed by atoms with van der Waals surface area (Å²) < 4.78 is 22.8. The van der Waals surface area contributed by atoms with Crippen LogP contribution in [0.25, 0.3) is 0 Å². The van der Waals surface area contributed by atoms with Gasteiger partial charge >= 0.3 is 5.97 Å². The molecule has 3 saturated carbocycles. The van der Waals surface area contributed by atoms with Crippen molar-refractivity contribution < 1.29 is 64.6 Å². The molecule has 0 aromatic carbocycles. The van der Waals surface area contributed by atoms with Gasteiger partial charge in [0, 0.05) is 31.3 Å². The number of carbonyl (C=O) groups excluding carboxylic acids is 1. The molecule has 9 unspecified atom stereocenters. The number of ether oxygens (including phenoxy) is 4. The summed E-state index contributed by atoms with van der Waals surface area (Å²) in [5.74, 6) is -0.816. The summed E-state index contributed by atoms with van der Waals surface area (Å²) in [6.45, 7) is -0.594. The molecule has 246 valence electrons. The summed E-state index contributed by atoms with van der Waals surface area (Å²) in [6.07, 6.45) is -3.63. The standard InChI is InChI=1S/C30H48O13/c31-13-24-26(37)27(38)28(39)30(43-24)42-22-11-17(33)10-21-18(22)12-23(29(41-21)15-3-5-16(32)6-4-15)40-25(36)8-2-14-1-7-19(34)20(35)9-14/h2,8,14-24,26-35,37-39H,1,3-7,9-13H2/p+1/t14?,15?,16?,17?,18?,19?,20?,21?,22?,23?,24-,26-,27-,28-,29?,30-/m1/s1. The van der Waals surface area contributed by atoms with E-state index in [1.165, 1.54) is 6.08 Å². The third-order valence-electron chi connectivity index (χ3n) is 10.2. The van der Waals surface area contributed by atoms with Crippen LogP contribution in [0.15, 0.2) is 12.2 Å². The van der Waals surface area contributed by atoms with Crippen LogP contribution < -0.4 is 0 Å². The fourth-order valence-electron chi connectivity index (χ4n) is 7.68. The van der Waals surface area contributed by atoms with E-state index in [1.54, 1.807) is 6.08 Å². The van der Waals surface area contributed by atoms with E-state index in [1.807, 2.05) is 0 Å². The van der Waals surface area contributed by atoms with Gasteiger partial charge in [0.2, 0.25) is 0 Å². The maximum Gasteiger partial charge on any atom is 0.331 e. The van der Waals surface area contributed by atoms with Crippen molar-refractivity contribution in [2.24, 2.45) is 17.8 Å². The molecule has 13 nitrogen and oxygen atoms in total. The van der Waals surface area contributed by atoms with Crippen LogP contribution in [0.1, 0.15) is 64.2 Å². The van der Waals surface area contributed by atoms with Gasteiger partial charge in [0.15, 0.2) is 24.6 Å². The van der Waals surface area contributed by atoms with Crippen molar-refractivity contribution >= 4 is 5.97 Å². The minimum Gasteiger partial charge on any atom is -0.451 e. The van der Waals surface area contributed by atoms with Gasteiger partial charge in [0.05, 0.1) is 43.0 Å². The fraction of sp³-hybridized carbons (Fsp3) is 0.900. The van der Waals surface area contributed by atoms with Crippen molar-refractivity contribution in [1.29, 1.82) is 0 Å². The summed E-state index contributed by atoms with van der Waals surface area (Å²) in [5, 5.41) is 81.1. The first-order valence-corrected chi connectivity index (χ1v) is 15.8. The number of rotatable bonds is 7. The lowest BCUT2D eigenvalue weighted by Gasteiger charge is -2.48. The second-order valence-corrected chi connectivity index (χ2v) is 13.2. The van der Waals surface area contributed by atoms with Gasteiger partial charge in [-0.1, -0.05) is 6.08 Å². The van der Waals surface area contributed by atoms with Gasteiger partial charge in [-0.25, -0.2) is 4.79 Å². The predicted molar refractivity (Wildman–Crippen MR) is 148 cm³/mol. The highest BCUT2D eigenvalue weighted by Crippen LogP contribution is 2.43. The topological polar surface area (TPSA) is 219 Å². The Labute approximate surface area is 251 Å². The van der Waals surface area contributed by atoms with E-state index < -0.39 is 73.8 Å². The van der Waals surface area contributed by atoms with Crippen LogP contribution in [0.2, 0.25) is 0 Å². The molecule has 0 spiro atoms. The van der Waals surface area contributed by atoms with E-state index in [4.69, 9.17) is 18.9 Å². The van der Waals surface area contributed by atoms with E-state index in [9.17, 15) is 45.6 Å². The van der Waals surface area contributed by atoms with Crippen LogP contribution in [0, 0.1) is 17.8 Å². The monoisotopic (exact) mass is 617 g/mol. The van der Waals surface area contributed by atoms with Gasteiger partial charge in [-0.15, -0.1) is 0 Å². The van der Waals surface area contributed by atoms with E-state index in [0.717, 1.165) is 12.8 Å². The third-order valence-corrected chi connectivity index (χ3v) is 10.2. The van der Waals surface area contributed by atoms with Crippen molar-refractivity contribution in [2.75, 3.05) is 6.61 Å². The normalized spacial score (nSPS) is 49.4. The Hall–Kier alpha value is -1.23. The average molecular weight is 618 g/mol. The Morgan fingerprint density at radius 3 is 2.23 bits per heavy atom. The van der Waals surface area contributed by atoms with Crippen molar-refractivity contribution in [3.63, 3.8) is 0 Å². The molecule has 5 fully saturated rings. The SMILES string of the molecule is O=C(C=CC1CCC(O)C(O)C1)OC1CC2C(O[C@@H]3O[C@H](CO)[C@@H](O)[C@@H](O)[C@H]3O)CC(O)CC2[OH+]C1C1CCC(O)CC1. The van der Waals surface area contributed by atoms with Crippen molar-refractivity contribution in [3.05, 3.63) is 12.2 Å². The zero-order chi connectivity index (χ0) is 30.8. The molecule has 0 aromatic heterocycles. The quantitative estimate of drug-likeness (QED) is 0.0897. The lowest BCUT2D eigenvalue weighted by molar-refractivity contribution is -0.342. The molecule has 13 heteroatoms. The largest absolute Gasteiger partial charge is 0.451 e. The summed E-state index contributed by atoms with van der Waals surface area (Å²) in [5.41, 5.74) is 0. The minimum atomic E-state index is -1.60. The van der Waals surface area contributed by atoms with Crippen molar-refractivity contribution in [1.82, 2.24) is 0 Å². The summed E-state index contributed by atoms with van der Waals surface area (Å²) in [4.78, 5) is 13.1. The second-order valence-electron chi connectivity index (χ2n) is 13.2. The number of hydrogen-bond donors (Lipinski definition) is 8. The molecule has 2 aliphatic heterocycles. The number of aliphatic hydroxyl groups excluding tert-OH is 8. The van der Waals surface area contributed by atoms with Crippen LogP contribution in [0.4, 0.5) is 0 Å². The summed E-state index contributed by atoms with van der Waals surface area (Å²) >= 11 is 0. The molecule has 2 heterocycles. The molecule has 0 aromatic rings. The Bertz CT molecular complexity index is 939. The first-order chi connectivity index (χ1) is 20.5. The van der Waals surface area contributed by atoms with Crippen molar-refractivity contribution in [3.8, 4) is 0 Å². The smallest absolute Gasteiger partial charge is 0.331 e. The number of carbonyl (C=O) groups is 1. The maximum absolute atomic E-state index is 13.1. The van der Waals surface area contributed by atoms with Gasteiger partial charge in [0.1, 0.15) is 24.4 Å². The van der Waals surface area contributed by atoms with Crippen LogP contribution in [0.5, 0.6) is 0 Å². The molecule has 5 aliphatic rings. The zero-order valence-electron chi connectivity index (χ0n) is 24.3. The molecule has 43 heavy (non-hydrogen) atoms. The fourth-order valence-corrected chi connectivity index (χ4v) is 7.68. The third kappa shape index (κ3) is 7.78. The Morgan fingerprint density at radius 1 is 0.791 bits per heavy atom.